The molecular formula is C25H27N3O2. The quantitative estimate of drug-likeness (QED) is 0.612. The van der Waals surface area contributed by atoms with Crippen molar-refractivity contribution < 1.29 is 9.59 Å². The van der Waals surface area contributed by atoms with E-state index < -0.39 is 0 Å². The van der Waals surface area contributed by atoms with E-state index in [1.807, 2.05) is 30.4 Å². The Hall–Kier alpha value is -2.95. The molecule has 30 heavy (non-hydrogen) atoms. The fraction of sp³-hybridized carbons (Fsp3) is 0.400. The summed E-state index contributed by atoms with van der Waals surface area (Å²) in [4.78, 5) is 28.1. The number of hydrogen-bond acceptors (Lipinski definition) is 3. The molecule has 2 aliphatic rings. The van der Waals surface area contributed by atoms with Gasteiger partial charge in [0.1, 0.15) is 0 Å². The van der Waals surface area contributed by atoms with Crippen LogP contribution in [0.15, 0.2) is 42.7 Å². The molecule has 0 saturated carbocycles. The second-order valence-corrected chi connectivity index (χ2v) is 8.68. The van der Waals surface area contributed by atoms with Gasteiger partial charge in [-0.05, 0) is 59.6 Å². The number of ketones is 1. The molecule has 2 heterocycles. The number of carbonyl (C=O) groups is 2. The topological polar surface area (TPSA) is 55.2 Å². The molecule has 1 atom stereocenters. The van der Waals surface area contributed by atoms with Crippen molar-refractivity contribution in [2.75, 3.05) is 13.1 Å². The van der Waals surface area contributed by atoms with Crippen LogP contribution in [0.25, 0.3) is 10.8 Å². The van der Waals surface area contributed by atoms with Crippen molar-refractivity contribution in [2.45, 2.75) is 38.5 Å². The number of amides is 1. The molecule has 1 aliphatic heterocycles. The zero-order valence-corrected chi connectivity index (χ0v) is 17.4. The third-order valence-electron chi connectivity index (χ3n) is 6.67. The Morgan fingerprint density at radius 3 is 2.77 bits per heavy atom. The Bertz CT molecular complexity index is 1120. The van der Waals surface area contributed by atoms with Crippen LogP contribution in [0.3, 0.4) is 0 Å². The summed E-state index contributed by atoms with van der Waals surface area (Å²) in [5.41, 5.74) is 4.61. The van der Waals surface area contributed by atoms with Crippen LogP contribution < -0.4 is 0 Å². The van der Waals surface area contributed by atoms with E-state index in [1.165, 1.54) is 16.5 Å². The third-order valence-corrected chi connectivity index (χ3v) is 6.67. The Morgan fingerprint density at radius 2 is 1.97 bits per heavy atom. The minimum atomic E-state index is -0.112. The molecule has 0 N–H and O–H groups in total. The van der Waals surface area contributed by atoms with E-state index in [9.17, 15) is 9.59 Å². The van der Waals surface area contributed by atoms with Gasteiger partial charge >= 0.3 is 0 Å². The highest BCUT2D eigenvalue weighted by Gasteiger charge is 2.30. The van der Waals surface area contributed by atoms with Crippen LogP contribution in [-0.2, 0) is 31.1 Å². The van der Waals surface area contributed by atoms with Crippen LogP contribution in [0.2, 0.25) is 0 Å². The third kappa shape index (κ3) is 3.42. The van der Waals surface area contributed by atoms with Crippen molar-refractivity contribution in [1.82, 2.24) is 14.7 Å². The lowest BCUT2D eigenvalue weighted by Gasteiger charge is -2.32. The van der Waals surface area contributed by atoms with Gasteiger partial charge in [0.15, 0.2) is 5.78 Å². The molecule has 0 bridgehead atoms. The normalized spacial score (nSPS) is 18.2. The Morgan fingerprint density at radius 1 is 1.13 bits per heavy atom. The number of benzene rings is 2. The van der Waals surface area contributed by atoms with Crippen LogP contribution in [0.4, 0.5) is 0 Å². The number of piperidine rings is 1. The standard InChI is InChI=1S/C25H27N3O2/c1-27-15-17(14-26-27)7-12-23(29)28-13-3-5-20(16-28)25(30)22-11-10-19-9-8-18-4-2-6-21(22)24(18)19/h2,4,6,10-11,14-15,20H,3,5,7-9,12-13,16H2,1H3. The second-order valence-electron chi connectivity index (χ2n) is 8.68. The highest BCUT2D eigenvalue weighted by molar-refractivity contribution is 6.11. The summed E-state index contributed by atoms with van der Waals surface area (Å²) in [7, 11) is 1.88. The van der Waals surface area contributed by atoms with Crippen molar-refractivity contribution in [1.29, 1.82) is 0 Å². The zero-order valence-electron chi connectivity index (χ0n) is 17.4. The smallest absolute Gasteiger partial charge is 0.222 e. The van der Waals surface area contributed by atoms with E-state index in [0.717, 1.165) is 48.7 Å². The maximum Gasteiger partial charge on any atom is 0.222 e. The van der Waals surface area contributed by atoms with E-state index in [0.29, 0.717) is 19.4 Å². The van der Waals surface area contributed by atoms with E-state index in [2.05, 4.69) is 29.4 Å². The first-order valence-electron chi connectivity index (χ1n) is 10.9. The van der Waals surface area contributed by atoms with Gasteiger partial charge in [-0.3, -0.25) is 14.3 Å². The summed E-state index contributed by atoms with van der Waals surface area (Å²) < 4.78 is 1.76. The predicted molar refractivity (Wildman–Crippen MR) is 117 cm³/mol. The molecule has 1 saturated heterocycles. The van der Waals surface area contributed by atoms with Crippen molar-refractivity contribution in [2.24, 2.45) is 13.0 Å². The summed E-state index contributed by atoms with van der Waals surface area (Å²) in [5.74, 6) is 0.215. The fourth-order valence-corrected chi connectivity index (χ4v) is 5.11. The molecule has 1 fully saturated rings. The van der Waals surface area contributed by atoms with Gasteiger partial charge in [0.2, 0.25) is 5.91 Å². The lowest BCUT2D eigenvalue weighted by Crippen LogP contribution is -2.42. The van der Waals surface area contributed by atoms with Gasteiger partial charge in [0.05, 0.1) is 6.20 Å². The highest BCUT2D eigenvalue weighted by Crippen LogP contribution is 2.34. The van der Waals surface area contributed by atoms with E-state index in [1.54, 1.807) is 4.68 Å². The van der Waals surface area contributed by atoms with Gasteiger partial charge in [-0.15, -0.1) is 0 Å². The number of aryl methyl sites for hydroxylation is 4. The van der Waals surface area contributed by atoms with E-state index in [4.69, 9.17) is 0 Å². The summed E-state index contributed by atoms with van der Waals surface area (Å²) in [5, 5.41) is 6.54. The van der Waals surface area contributed by atoms with Gasteiger partial charge < -0.3 is 4.90 Å². The molecule has 5 heteroatoms. The number of hydrogen-bond donors (Lipinski definition) is 0. The lowest BCUT2D eigenvalue weighted by molar-refractivity contribution is -0.132. The largest absolute Gasteiger partial charge is 0.342 e. The number of carbonyl (C=O) groups excluding carboxylic acids is 2. The fourth-order valence-electron chi connectivity index (χ4n) is 5.11. The SMILES string of the molecule is Cn1cc(CCC(=O)N2CCCC(C(=O)c3ccc4c5c(cccc35)CC4)C2)cn1. The molecule has 2 aromatic carbocycles. The maximum atomic E-state index is 13.5. The molecular weight excluding hydrogens is 374 g/mol. The molecule has 0 spiro atoms. The van der Waals surface area contributed by atoms with E-state index in [-0.39, 0.29) is 17.6 Å². The summed E-state index contributed by atoms with van der Waals surface area (Å²) >= 11 is 0. The molecule has 5 rings (SSSR count). The molecule has 154 valence electrons. The lowest BCUT2D eigenvalue weighted by atomic mass is 9.87. The molecule has 1 aliphatic carbocycles. The first-order valence-corrected chi connectivity index (χ1v) is 10.9. The van der Waals surface area contributed by atoms with Crippen LogP contribution in [0.1, 0.15) is 46.3 Å². The first kappa shape index (κ1) is 19.0. The van der Waals surface area contributed by atoms with Crippen LogP contribution >= 0.6 is 0 Å². The summed E-state index contributed by atoms with van der Waals surface area (Å²) in [6.45, 7) is 1.28. The minimum absolute atomic E-state index is 0.112. The minimum Gasteiger partial charge on any atom is -0.342 e. The maximum absolute atomic E-state index is 13.5. The van der Waals surface area contributed by atoms with Gasteiger partial charge in [-0.2, -0.15) is 5.10 Å². The Kier molecular flexibility index (Phi) is 4.89. The number of rotatable bonds is 5. The van der Waals surface area contributed by atoms with Crippen molar-refractivity contribution in [3.05, 3.63) is 65.0 Å². The summed E-state index contributed by atoms with van der Waals surface area (Å²) in [6, 6.07) is 10.5. The Labute approximate surface area is 176 Å². The van der Waals surface area contributed by atoms with Crippen LogP contribution in [0.5, 0.6) is 0 Å². The van der Waals surface area contributed by atoms with Crippen molar-refractivity contribution in [3.63, 3.8) is 0 Å². The van der Waals surface area contributed by atoms with Gasteiger partial charge in [0, 0.05) is 44.2 Å². The zero-order chi connectivity index (χ0) is 20.7. The number of nitrogens with zero attached hydrogens (tertiary/aromatic N) is 3. The van der Waals surface area contributed by atoms with Gasteiger partial charge in [-0.1, -0.05) is 30.3 Å². The van der Waals surface area contributed by atoms with Crippen molar-refractivity contribution in [3.8, 4) is 0 Å². The molecule has 1 unspecified atom stereocenters. The molecule has 0 radical (unpaired) electrons. The van der Waals surface area contributed by atoms with Gasteiger partial charge in [-0.25, -0.2) is 0 Å². The molecule has 5 nitrogen and oxygen atoms in total. The second kappa shape index (κ2) is 7.71. The Balaban J connectivity index is 1.31. The highest BCUT2D eigenvalue weighted by atomic mass is 16.2. The van der Waals surface area contributed by atoms with Crippen LogP contribution in [-0.4, -0.2) is 39.5 Å². The number of aromatic nitrogens is 2. The summed E-state index contributed by atoms with van der Waals surface area (Å²) in [6.07, 6.45) is 8.78. The van der Waals surface area contributed by atoms with Crippen LogP contribution in [0, 0.1) is 5.92 Å². The average molecular weight is 402 g/mol. The first-order chi connectivity index (χ1) is 14.6. The van der Waals surface area contributed by atoms with Gasteiger partial charge in [0.25, 0.3) is 0 Å². The molecule has 1 amide bonds. The molecule has 1 aromatic heterocycles. The number of Topliss-reactive ketones (excluding diaryl/α,β-unsaturated/α-hetero) is 1. The number of likely N-dealkylation sites (tertiary alicyclic amines) is 1. The van der Waals surface area contributed by atoms with Crippen molar-refractivity contribution >= 4 is 22.5 Å². The van der Waals surface area contributed by atoms with E-state index >= 15 is 0 Å². The monoisotopic (exact) mass is 401 g/mol. The molecule has 3 aromatic rings. The predicted octanol–water partition coefficient (Wildman–Crippen LogP) is 3.73. The average Bonchev–Trinajstić information content (AvgIpc) is 3.39.